The Kier molecular flexibility index (Phi) is 3.23. The Morgan fingerprint density at radius 2 is 2.19 bits per heavy atom. The maximum Gasteiger partial charge on any atom is 0.176 e. The molecule has 4 heteroatoms. The van der Waals surface area contributed by atoms with Gasteiger partial charge in [-0.05, 0) is 13.0 Å². The fraction of sp³-hybridized carbons (Fsp3) is 0.0833. The normalized spacial score (nSPS) is 11.6. The first kappa shape index (κ1) is 10.3. The fourth-order valence-corrected chi connectivity index (χ4v) is 1.34. The molecular weight excluding hydrogens is 200 g/mol. The number of anilines is 1. The molecule has 1 N–H and O–H groups in total. The van der Waals surface area contributed by atoms with Crippen molar-refractivity contribution in [3.8, 4) is 0 Å². The van der Waals surface area contributed by atoms with Crippen LogP contribution in [0.25, 0.3) is 10.8 Å². The van der Waals surface area contributed by atoms with E-state index in [0.717, 1.165) is 10.8 Å². The van der Waals surface area contributed by atoms with Crippen LogP contribution < -0.4 is 5.43 Å². The minimum Gasteiger partial charge on any atom is -0.259 e. The highest BCUT2D eigenvalue weighted by molar-refractivity contribution is 5.91. The largest absolute Gasteiger partial charge is 0.259 e. The summed E-state index contributed by atoms with van der Waals surface area (Å²) >= 11 is 0. The number of hydrogen-bond donors (Lipinski definition) is 1. The Labute approximate surface area is 93.7 Å². The fourth-order valence-electron chi connectivity index (χ4n) is 1.34. The lowest BCUT2D eigenvalue weighted by atomic mass is 10.2. The summed E-state index contributed by atoms with van der Waals surface area (Å²) in [5, 5.41) is 14.0. The number of hydrogen-bond acceptors (Lipinski definition) is 4. The van der Waals surface area contributed by atoms with Crippen molar-refractivity contribution in [1.82, 2.24) is 10.2 Å². The molecule has 0 aliphatic carbocycles. The Morgan fingerprint density at radius 3 is 3.06 bits per heavy atom. The van der Waals surface area contributed by atoms with Gasteiger partial charge in [0.1, 0.15) is 0 Å². The molecule has 0 fully saturated rings. The van der Waals surface area contributed by atoms with Gasteiger partial charge >= 0.3 is 0 Å². The molecule has 0 bridgehead atoms. The summed E-state index contributed by atoms with van der Waals surface area (Å²) in [4.78, 5) is 0. The van der Waals surface area contributed by atoms with Crippen LogP contribution in [0.3, 0.4) is 0 Å². The van der Waals surface area contributed by atoms with E-state index in [1.165, 1.54) is 0 Å². The van der Waals surface area contributed by atoms with Gasteiger partial charge in [0.05, 0.1) is 6.20 Å². The Balaban J connectivity index is 2.30. The van der Waals surface area contributed by atoms with E-state index < -0.39 is 0 Å². The predicted octanol–water partition coefficient (Wildman–Crippen LogP) is 2.60. The second-order valence-corrected chi connectivity index (χ2v) is 3.20. The van der Waals surface area contributed by atoms with E-state index in [9.17, 15) is 0 Å². The summed E-state index contributed by atoms with van der Waals surface area (Å²) in [6.07, 6.45) is 7.14. The van der Waals surface area contributed by atoms with Crippen LogP contribution >= 0.6 is 0 Å². The second kappa shape index (κ2) is 5.02. The average molecular weight is 212 g/mol. The van der Waals surface area contributed by atoms with Crippen molar-refractivity contribution in [2.24, 2.45) is 5.10 Å². The monoisotopic (exact) mass is 212 g/mol. The molecule has 0 spiro atoms. The Hall–Kier alpha value is -2.23. The molecule has 0 saturated carbocycles. The number of rotatable bonds is 3. The number of nitrogens with one attached hydrogen (secondary N) is 1. The molecule has 16 heavy (non-hydrogen) atoms. The molecule has 80 valence electrons. The first-order chi connectivity index (χ1) is 7.92. The van der Waals surface area contributed by atoms with Crippen LogP contribution in [0, 0.1) is 0 Å². The lowest BCUT2D eigenvalue weighted by molar-refractivity contribution is 1.04. The molecule has 1 aromatic heterocycles. The quantitative estimate of drug-likeness (QED) is 0.628. The van der Waals surface area contributed by atoms with Gasteiger partial charge in [0, 0.05) is 17.0 Å². The third-order valence-corrected chi connectivity index (χ3v) is 2.09. The van der Waals surface area contributed by atoms with E-state index in [4.69, 9.17) is 0 Å². The number of aromatic nitrogens is 2. The zero-order chi connectivity index (χ0) is 11.2. The molecule has 4 nitrogen and oxygen atoms in total. The van der Waals surface area contributed by atoms with E-state index in [2.05, 4.69) is 20.7 Å². The van der Waals surface area contributed by atoms with Crippen LogP contribution in [0.1, 0.15) is 6.92 Å². The zero-order valence-corrected chi connectivity index (χ0v) is 8.96. The van der Waals surface area contributed by atoms with E-state index in [1.54, 1.807) is 12.4 Å². The van der Waals surface area contributed by atoms with Gasteiger partial charge in [-0.3, -0.25) is 5.43 Å². The highest BCUT2D eigenvalue weighted by Gasteiger charge is 1.99. The molecule has 2 aromatic rings. The highest BCUT2D eigenvalue weighted by Crippen LogP contribution is 2.18. The van der Waals surface area contributed by atoms with Crippen molar-refractivity contribution in [3.63, 3.8) is 0 Å². The molecule has 0 aliphatic rings. The van der Waals surface area contributed by atoms with Gasteiger partial charge in [-0.2, -0.15) is 10.2 Å². The third kappa shape index (κ3) is 2.23. The van der Waals surface area contributed by atoms with Gasteiger partial charge in [0.2, 0.25) is 0 Å². The lowest BCUT2D eigenvalue weighted by Crippen LogP contribution is -1.95. The van der Waals surface area contributed by atoms with Gasteiger partial charge in [0.15, 0.2) is 5.82 Å². The van der Waals surface area contributed by atoms with Crippen molar-refractivity contribution in [1.29, 1.82) is 0 Å². The number of fused-ring (bicyclic) bond motifs is 1. The summed E-state index contributed by atoms with van der Waals surface area (Å²) in [7, 11) is 0. The van der Waals surface area contributed by atoms with Crippen LogP contribution in [0.15, 0.2) is 47.7 Å². The number of hydrazone groups is 1. The van der Waals surface area contributed by atoms with Gasteiger partial charge in [0.25, 0.3) is 0 Å². The summed E-state index contributed by atoms with van der Waals surface area (Å²) < 4.78 is 0. The van der Waals surface area contributed by atoms with Crippen molar-refractivity contribution in [2.75, 3.05) is 5.43 Å². The highest BCUT2D eigenvalue weighted by atomic mass is 15.3. The molecule has 0 saturated heterocycles. The molecule has 1 heterocycles. The van der Waals surface area contributed by atoms with Crippen molar-refractivity contribution in [2.45, 2.75) is 6.92 Å². The van der Waals surface area contributed by atoms with Gasteiger partial charge in [-0.1, -0.05) is 30.3 Å². The van der Waals surface area contributed by atoms with Crippen molar-refractivity contribution >= 4 is 22.8 Å². The van der Waals surface area contributed by atoms with Crippen LogP contribution in [0.5, 0.6) is 0 Å². The Morgan fingerprint density at radius 1 is 1.31 bits per heavy atom. The first-order valence-electron chi connectivity index (χ1n) is 5.02. The molecule has 0 radical (unpaired) electrons. The molecule has 1 aromatic carbocycles. The SMILES string of the molecule is C/C=C/C=N\Nc1nncc2ccccc12. The third-order valence-electron chi connectivity index (χ3n) is 2.09. The standard InChI is InChI=1S/C12H12N4/c1-2-3-8-13-15-12-11-7-5-4-6-10(11)9-14-16-12/h2-9H,1H3,(H,15,16)/b3-2+,13-8-. The number of benzene rings is 1. The van der Waals surface area contributed by atoms with E-state index in [0.29, 0.717) is 5.82 Å². The van der Waals surface area contributed by atoms with Crippen LogP contribution in [-0.2, 0) is 0 Å². The minimum atomic E-state index is 0.666. The first-order valence-corrected chi connectivity index (χ1v) is 5.02. The second-order valence-electron chi connectivity index (χ2n) is 3.20. The Bertz CT molecular complexity index is 526. The zero-order valence-electron chi connectivity index (χ0n) is 8.96. The summed E-state index contributed by atoms with van der Waals surface area (Å²) in [6.45, 7) is 1.93. The minimum absolute atomic E-state index is 0.666. The summed E-state index contributed by atoms with van der Waals surface area (Å²) in [5.74, 6) is 0.666. The van der Waals surface area contributed by atoms with Gasteiger partial charge in [-0.25, -0.2) is 0 Å². The summed E-state index contributed by atoms with van der Waals surface area (Å²) in [5.41, 5.74) is 2.87. The van der Waals surface area contributed by atoms with Crippen LogP contribution in [0.4, 0.5) is 5.82 Å². The van der Waals surface area contributed by atoms with Gasteiger partial charge in [-0.15, -0.1) is 5.10 Å². The number of nitrogens with zero attached hydrogens (tertiary/aromatic N) is 3. The average Bonchev–Trinajstić information content (AvgIpc) is 2.35. The molecule has 0 atom stereocenters. The molecule has 0 aliphatic heterocycles. The molecule has 2 rings (SSSR count). The van der Waals surface area contributed by atoms with Crippen LogP contribution in [-0.4, -0.2) is 16.4 Å². The van der Waals surface area contributed by atoms with E-state index in [-0.39, 0.29) is 0 Å². The van der Waals surface area contributed by atoms with Crippen molar-refractivity contribution in [3.05, 3.63) is 42.6 Å². The maximum atomic E-state index is 4.02. The molecule has 0 unspecified atom stereocenters. The maximum absolute atomic E-state index is 4.02. The van der Waals surface area contributed by atoms with Crippen molar-refractivity contribution < 1.29 is 0 Å². The number of allylic oxidation sites excluding steroid dienone is 2. The lowest BCUT2D eigenvalue weighted by Gasteiger charge is -2.02. The topological polar surface area (TPSA) is 50.2 Å². The predicted molar refractivity (Wildman–Crippen MR) is 66.5 cm³/mol. The van der Waals surface area contributed by atoms with Crippen LogP contribution in [0.2, 0.25) is 0 Å². The summed E-state index contributed by atoms with van der Waals surface area (Å²) in [6, 6.07) is 7.91. The molecule has 0 amide bonds. The van der Waals surface area contributed by atoms with E-state index >= 15 is 0 Å². The van der Waals surface area contributed by atoms with Gasteiger partial charge < -0.3 is 0 Å². The molecular formula is C12H12N4. The van der Waals surface area contributed by atoms with E-state index in [1.807, 2.05) is 43.3 Å². The smallest absolute Gasteiger partial charge is 0.176 e.